The van der Waals surface area contributed by atoms with Crippen molar-refractivity contribution in [1.82, 2.24) is 14.8 Å². The van der Waals surface area contributed by atoms with Crippen molar-refractivity contribution in [3.63, 3.8) is 0 Å². The maximum absolute atomic E-state index is 6.17. The van der Waals surface area contributed by atoms with Crippen molar-refractivity contribution >= 4 is 0 Å². The molecule has 1 heterocycles. The highest BCUT2D eigenvalue weighted by atomic mass is 15.3. The van der Waals surface area contributed by atoms with Gasteiger partial charge in [0.1, 0.15) is 12.2 Å². The zero-order valence-corrected chi connectivity index (χ0v) is 11.8. The zero-order valence-electron chi connectivity index (χ0n) is 11.8. The Balaban J connectivity index is 2.59. The molecule has 1 atom stereocenters. The van der Waals surface area contributed by atoms with E-state index in [2.05, 4.69) is 49.4 Å². The first-order valence-electron chi connectivity index (χ1n) is 6.40. The molecule has 98 valence electrons. The van der Waals surface area contributed by atoms with Gasteiger partial charge in [-0.25, -0.2) is 0 Å². The Bertz CT molecular complexity index is 335. The molecule has 0 amide bonds. The summed E-state index contributed by atoms with van der Waals surface area (Å²) in [6.07, 6.45) is 3.62. The molecule has 1 aromatic heterocycles. The molecule has 0 aliphatic carbocycles. The second kappa shape index (κ2) is 5.63. The fourth-order valence-corrected chi connectivity index (χ4v) is 2.08. The van der Waals surface area contributed by atoms with Crippen LogP contribution in [0.4, 0.5) is 0 Å². The molecule has 1 unspecified atom stereocenters. The summed E-state index contributed by atoms with van der Waals surface area (Å²) in [6.45, 7) is 12.0. The zero-order chi connectivity index (χ0) is 13.1. The Labute approximate surface area is 105 Å². The predicted octanol–water partition coefficient (Wildman–Crippen LogP) is 2.24. The lowest BCUT2D eigenvalue weighted by molar-refractivity contribution is 0.334. The third-order valence-corrected chi connectivity index (χ3v) is 2.58. The van der Waals surface area contributed by atoms with Crippen LogP contribution < -0.4 is 5.73 Å². The van der Waals surface area contributed by atoms with Crippen LogP contribution in [0.15, 0.2) is 6.33 Å². The number of hydrogen-bond acceptors (Lipinski definition) is 3. The Morgan fingerprint density at radius 3 is 2.53 bits per heavy atom. The lowest BCUT2D eigenvalue weighted by atomic mass is 9.87. The Morgan fingerprint density at radius 1 is 1.35 bits per heavy atom. The molecular weight excluding hydrogens is 212 g/mol. The van der Waals surface area contributed by atoms with Crippen LogP contribution in [0.5, 0.6) is 0 Å². The van der Waals surface area contributed by atoms with Gasteiger partial charge in [-0.15, -0.1) is 10.2 Å². The van der Waals surface area contributed by atoms with E-state index in [1.807, 2.05) is 0 Å². The molecule has 0 aliphatic rings. The molecule has 0 aromatic carbocycles. The van der Waals surface area contributed by atoms with Crippen LogP contribution in [-0.2, 0) is 13.0 Å². The number of hydrogen-bond donors (Lipinski definition) is 1. The van der Waals surface area contributed by atoms with Gasteiger partial charge in [0.05, 0.1) is 0 Å². The van der Waals surface area contributed by atoms with Crippen LogP contribution in [-0.4, -0.2) is 20.8 Å². The fraction of sp³-hybridized carbons (Fsp3) is 0.846. The largest absolute Gasteiger partial charge is 0.327 e. The Hall–Kier alpha value is -0.900. The highest BCUT2D eigenvalue weighted by Gasteiger charge is 2.18. The molecule has 4 heteroatoms. The maximum atomic E-state index is 6.17. The lowest BCUT2D eigenvalue weighted by Crippen LogP contribution is -2.29. The minimum atomic E-state index is 0.158. The van der Waals surface area contributed by atoms with Gasteiger partial charge in [0, 0.05) is 19.0 Å². The summed E-state index contributed by atoms with van der Waals surface area (Å²) in [5.41, 5.74) is 6.44. The summed E-state index contributed by atoms with van der Waals surface area (Å²) in [5.74, 6) is 1.61. The van der Waals surface area contributed by atoms with Crippen molar-refractivity contribution in [1.29, 1.82) is 0 Å². The van der Waals surface area contributed by atoms with E-state index in [4.69, 9.17) is 5.73 Å². The average molecular weight is 238 g/mol. The monoisotopic (exact) mass is 238 g/mol. The summed E-state index contributed by atoms with van der Waals surface area (Å²) in [6, 6.07) is 0.158. The average Bonchev–Trinajstić information content (AvgIpc) is 2.47. The van der Waals surface area contributed by atoms with Crippen molar-refractivity contribution in [2.45, 2.75) is 60.0 Å². The number of aromatic nitrogens is 3. The first-order valence-corrected chi connectivity index (χ1v) is 6.40. The summed E-state index contributed by atoms with van der Waals surface area (Å²) in [4.78, 5) is 0. The van der Waals surface area contributed by atoms with Crippen molar-refractivity contribution < 1.29 is 0 Å². The van der Waals surface area contributed by atoms with Gasteiger partial charge < -0.3 is 10.3 Å². The highest BCUT2D eigenvalue weighted by molar-refractivity contribution is 4.91. The second-order valence-corrected chi connectivity index (χ2v) is 6.52. The third kappa shape index (κ3) is 5.31. The SMILES string of the molecule is CC(C)Cn1cnnc1CC(N)CC(C)(C)C. The summed E-state index contributed by atoms with van der Waals surface area (Å²) in [7, 11) is 0. The quantitative estimate of drug-likeness (QED) is 0.856. The molecule has 1 rings (SSSR count). The standard InChI is InChI=1S/C13H26N4/c1-10(2)8-17-9-15-16-12(17)6-11(14)7-13(3,4)5/h9-11H,6-8,14H2,1-5H3. The second-order valence-electron chi connectivity index (χ2n) is 6.52. The topological polar surface area (TPSA) is 56.7 Å². The van der Waals surface area contributed by atoms with E-state index in [0.717, 1.165) is 25.2 Å². The van der Waals surface area contributed by atoms with Gasteiger partial charge in [0.15, 0.2) is 0 Å². The molecule has 0 spiro atoms. The van der Waals surface area contributed by atoms with Gasteiger partial charge in [0.2, 0.25) is 0 Å². The van der Waals surface area contributed by atoms with E-state index in [9.17, 15) is 0 Å². The molecule has 0 radical (unpaired) electrons. The van der Waals surface area contributed by atoms with Crippen LogP contribution in [0.1, 0.15) is 46.9 Å². The minimum Gasteiger partial charge on any atom is -0.327 e. The van der Waals surface area contributed by atoms with Gasteiger partial charge in [-0.1, -0.05) is 34.6 Å². The fourth-order valence-electron chi connectivity index (χ4n) is 2.08. The van der Waals surface area contributed by atoms with Crippen LogP contribution in [0.2, 0.25) is 0 Å². The summed E-state index contributed by atoms with van der Waals surface area (Å²) < 4.78 is 2.12. The molecule has 0 fully saturated rings. The maximum Gasteiger partial charge on any atom is 0.134 e. The normalized spacial score (nSPS) is 14.3. The van der Waals surface area contributed by atoms with Crippen LogP contribution >= 0.6 is 0 Å². The van der Waals surface area contributed by atoms with Crippen LogP contribution in [0, 0.1) is 11.3 Å². The smallest absolute Gasteiger partial charge is 0.134 e. The molecule has 0 saturated carbocycles. The van der Waals surface area contributed by atoms with E-state index in [-0.39, 0.29) is 11.5 Å². The number of nitrogens with two attached hydrogens (primary N) is 1. The Morgan fingerprint density at radius 2 is 2.00 bits per heavy atom. The first kappa shape index (κ1) is 14.2. The molecule has 17 heavy (non-hydrogen) atoms. The molecule has 0 bridgehead atoms. The molecule has 4 nitrogen and oxygen atoms in total. The number of nitrogens with zero attached hydrogens (tertiary/aromatic N) is 3. The lowest BCUT2D eigenvalue weighted by Gasteiger charge is -2.23. The van der Waals surface area contributed by atoms with E-state index >= 15 is 0 Å². The van der Waals surface area contributed by atoms with Crippen molar-refractivity contribution in [2.24, 2.45) is 17.1 Å². The summed E-state index contributed by atoms with van der Waals surface area (Å²) >= 11 is 0. The Kier molecular flexibility index (Phi) is 4.69. The van der Waals surface area contributed by atoms with Gasteiger partial charge in [-0.05, 0) is 17.8 Å². The van der Waals surface area contributed by atoms with Gasteiger partial charge in [-0.2, -0.15) is 0 Å². The van der Waals surface area contributed by atoms with Crippen molar-refractivity contribution in [3.05, 3.63) is 12.2 Å². The van der Waals surface area contributed by atoms with Crippen molar-refractivity contribution in [2.75, 3.05) is 0 Å². The third-order valence-electron chi connectivity index (χ3n) is 2.58. The van der Waals surface area contributed by atoms with E-state index in [0.29, 0.717) is 5.92 Å². The molecular formula is C13H26N4. The minimum absolute atomic E-state index is 0.158. The van der Waals surface area contributed by atoms with Crippen LogP contribution in [0.25, 0.3) is 0 Å². The first-order chi connectivity index (χ1) is 7.78. The van der Waals surface area contributed by atoms with Crippen molar-refractivity contribution in [3.8, 4) is 0 Å². The molecule has 0 saturated heterocycles. The molecule has 2 N–H and O–H groups in total. The van der Waals surface area contributed by atoms with E-state index < -0.39 is 0 Å². The highest BCUT2D eigenvalue weighted by Crippen LogP contribution is 2.21. The van der Waals surface area contributed by atoms with Crippen LogP contribution in [0.3, 0.4) is 0 Å². The van der Waals surface area contributed by atoms with E-state index in [1.54, 1.807) is 6.33 Å². The van der Waals surface area contributed by atoms with Gasteiger partial charge >= 0.3 is 0 Å². The van der Waals surface area contributed by atoms with Gasteiger partial charge in [0.25, 0.3) is 0 Å². The molecule has 1 aromatic rings. The summed E-state index contributed by atoms with van der Waals surface area (Å²) in [5, 5.41) is 8.15. The van der Waals surface area contributed by atoms with E-state index in [1.165, 1.54) is 0 Å². The molecule has 0 aliphatic heterocycles. The van der Waals surface area contributed by atoms with Gasteiger partial charge in [-0.3, -0.25) is 0 Å². The number of rotatable bonds is 5. The predicted molar refractivity (Wildman–Crippen MR) is 70.6 cm³/mol.